The number of ether oxygens (including phenoxy) is 1. The Morgan fingerprint density at radius 1 is 1.14 bits per heavy atom. The van der Waals surface area contributed by atoms with Gasteiger partial charge in [-0.05, 0) is 39.8 Å². The molecule has 0 saturated carbocycles. The molecular weight excluding hydrogens is 266 g/mol. The van der Waals surface area contributed by atoms with Crippen LogP contribution in [0.1, 0.15) is 32.5 Å². The molecule has 1 aliphatic heterocycles. The molecule has 1 aliphatic rings. The molecular formula is C15H27N5O. The van der Waals surface area contributed by atoms with Gasteiger partial charge in [0.1, 0.15) is 18.2 Å². The highest BCUT2D eigenvalue weighted by Gasteiger charge is 2.11. The second-order valence-corrected chi connectivity index (χ2v) is 5.20. The van der Waals surface area contributed by atoms with Crippen molar-refractivity contribution in [3.05, 3.63) is 11.9 Å². The van der Waals surface area contributed by atoms with E-state index in [4.69, 9.17) is 4.74 Å². The molecule has 2 rings (SSSR count). The highest BCUT2D eigenvalue weighted by atomic mass is 16.5. The minimum Gasteiger partial charge on any atom is -0.374 e. The monoisotopic (exact) mass is 293 g/mol. The van der Waals surface area contributed by atoms with Gasteiger partial charge in [-0.25, -0.2) is 9.97 Å². The minimum absolute atomic E-state index is 0.455. The number of likely N-dealkylation sites (tertiary alicyclic amines) is 1. The van der Waals surface area contributed by atoms with Crippen molar-refractivity contribution in [1.29, 1.82) is 0 Å². The average Bonchev–Trinajstić information content (AvgIpc) is 2.99. The number of nitrogens with one attached hydrogen (secondary N) is 2. The van der Waals surface area contributed by atoms with Crippen LogP contribution in [0.4, 0.5) is 11.6 Å². The fourth-order valence-corrected chi connectivity index (χ4v) is 2.47. The third-order valence-electron chi connectivity index (χ3n) is 3.50. The molecule has 6 heteroatoms. The highest BCUT2D eigenvalue weighted by molar-refractivity contribution is 5.47. The quantitative estimate of drug-likeness (QED) is 0.725. The van der Waals surface area contributed by atoms with Gasteiger partial charge in [-0.3, -0.25) is 0 Å². The largest absolute Gasteiger partial charge is 0.374 e. The van der Waals surface area contributed by atoms with E-state index in [0.717, 1.165) is 37.1 Å². The van der Waals surface area contributed by atoms with E-state index in [1.807, 2.05) is 13.0 Å². The normalized spacial score (nSPS) is 15.3. The first-order chi connectivity index (χ1) is 10.3. The number of aromatic nitrogens is 2. The fraction of sp³-hybridized carbons (Fsp3) is 0.733. The van der Waals surface area contributed by atoms with Crippen molar-refractivity contribution in [2.75, 3.05) is 50.0 Å². The molecule has 1 saturated heterocycles. The third-order valence-corrected chi connectivity index (χ3v) is 3.50. The van der Waals surface area contributed by atoms with E-state index in [1.165, 1.54) is 25.9 Å². The lowest BCUT2D eigenvalue weighted by atomic mass is 10.4. The van der Waals surface area contributed by atoms with Crippen molar-refractivity contribution >= 4 is 11.6 Å². The van der Waals surface area contributed by atoms with Crippen molar-refractivity contribution in [3.8, 4) is 0 Å². The lowest BCUT2D eigenvalue weighted by Gasteiger charge is -2.15. The molecule has 0 amide bonds. The summed E-state index contributed by atoms with van der Waals surface area (Å²) >= 11 is 0. The highest BCUT2D eigenvalue weighted by Crippen LogP contribution is 2.12. The predicted molar refractivity (Wildman–Crippen MR) is 85.7 cm³/mol. The van der Waals surface area contributed by atoms with Crippen LogP contribution in [-0.2, 0) is 11.3 Å². The maximum absolute atomic E-state index is 5.40. The van der Waals surface area contributed by atoms with Gasteiger partial charge in [-0.15, -0.1) is 0 Å². The number of anilines is 2. The van der Waals surface area contributed by atoms with Crippen molar-refractivity contribution in [1.82, 2.24) is 14.9 Å². The summed E-state index contributed by atoms with van der Waals surface area (Å²) in [7, 11) is 0. The average molecular weight is 293 g/mol. The molecule has 118 valence electrons. The molecule has 0 bridgehead atoms. The standard InChI is InChI=1S/C15H27N5O/c1-3-16-13-11-14(19-15(18-13)12-21-4-2)17-7-10-20-8-5-6-9-20/h11H,3-10,12H2,1-2H3,(H2,16,17,18,19). The van der Waals surface area contributed by atoms with E-state index in [2.05, 4.69) is 32.4 Å². The van der Waals surface area contributed by atoms with Crippen LogP contribution in [0, 0.1) is 0 Å². The molecule has 6 nitrogen and oxygen atoms in total. The van der Waals surface area contributed by atoms with Crippen LogP contribution in [0.25, 0.3) is 0 Å². The van der Waals surface area contributed by atoms with Crippen LogP contribution < -0.4 is 10.6 Å². The van der Waals surface area contributed by atoms with Crippen LogP contribution in [0.2, 0.25) is 0 Å². The first-order valence-electron chi connectivity index (χ1n) is 7.97. The van der Waals surface area contributed by atoms with Gasteiger partial charge in [0, 0.05) is 32.3 Å². The summed E-state index contributed by atoms with van der Waals surface area (Å²) in [5.41, 5.74) is 0. The first-order valence-corrected chi connectivity index (χ1v) is 7.97. The van der Waals surface area contributed by atoms with Gasteiger partial charge in [-0.1, -0.05) is 0 Å². The third kappa shape index (κ3) is 5.47. The summed E-state index contributed by atoms with van der Waals surface area (Å²) in [4.78, 5) is 11.4. The maximum atomic E-state index is 5.40. The Hall–Kier alpha value is -1.40. The van der Waals surface area contributed by atoms with Crippen LogP contribution in [0.5, 0.6) is 0 Å². The van der Waals surface area contributed by atoms with Gasteiger partial charge in [0.05, 0.1) is 0 Å². The lowest BCUT2D eigenvalue weighted by molar-refractivity contribution is 0.128. The van der Waals surface area contributed by atoms with Gasteiger partial charge < -0.3 is 20.3 Å². The first kappa shape index (κ1) is 16.0. The lowest BCUT2D eigenvalue weighted by Crippen LogP contribution is -2.26. The van der Waals surface area contributed by atoms with Crippen molar-refractivity contribution in [3.63, 3.8) is 0 Å². The fourth-order valence-electron chi connectivity index (χ4n) is 2.47. The SMILES string of the molecule is CCNc1cc(NCCN2CCCC2)nc(COCC)n1. The van der Waals surface area contributed by atoms with Crippen molar-refractivity contribution < 1.29 is 4.74 Å². The topological polar surface area (TPSA) is 62.3 Å². The Balaban J connectivity index is 1.90. The van der Waals surface area contributed by atoms with Crippen molar-refractivity contribution in [2.45, 2.75) is 33.3 Å². The summed E-state index contributed by atoms with van der Waals surface area (Å²) in [6, 6.07) is 1.96. The second kappa shape index (κ2) is 8.79. The van der Waals surface area contributed by atoms with E-state index in [-0.39, 0.29) is 0 Å². The molecule has 0 unspecified atom stereocenters. The number of rotatable bonds is 9. The van der Waals surface area contributed by atoms with E-state index in [1.54, 1.807) is 0 Å². The molecule has 21 heavy (non-hydrogen) atoms. The molecule has 1 fully saturated rings. The molecule has 0 aromatic carbocycles. The zero-order valence-corrected chi connectivity index (χ0v) is 13.2. The smallest absolute Gasteiger partial charge is 0.158 e. The van der Waals surface area contributed by atoms with E-state index in [0.29, 0.717) is 13.2 Å². The molecule has 1 aromatic heterocycles. The molecule has 1 aromatic rings. The van der Waals surface area contributed by atoms with Gasteiger partial charge in [0.25, 0.3) is 0 Å². The Bertz CT molecular complexity index is 421. The molecule has 2 heterocycles. The van der Waals surface area contributed by atoms with E-state index < -0.39 is 0 Å². The molecule has 0 atom stereocenters. The van der Waals surface area contributed by atoms with Crippen LogP contribution in [0.3, 0.4) is 0 Å². The van der Waals surface area contributed by atoms with Crippen LogP contribution in [-0.4, -0.2) is 54.2 Å². The van der Waals surface area contributed by atoms with E-state index >= 15 is 0 Å². The summed E-state index contributed by atoms with van der Waals surface area (Å²) in [5, 5.41) is 6.64. The molecule has 0 spiro atoms. The number of nitrogens with zero attached hydrogens (tertiary/aromatic N) is 3. The van der Waals surface area contributed by atoms with Crippen molar-refractivity contribution in [2.24, 2.45) is 0 Å². The Morgan fingerprint density at radius 2 is 1.86 bits per heavy atom. The molecule has 0 radical (unpaired) electrons. The van der Waals surface area contributed by atoms with Crippen LogP contribution in [0.15, 0.2) is 6.07 Å². The van der Waals surface area contributed by atoms with Gasteiger partial charge in [0.15, 0.2) is 5.82 Å². The maximum Gasteiger partial charge on any atom is 0.158 e. The minimum atomic E-state index is 0.455. The molecule has 2 N–H and O–H groups in total. The van der Waals surface area contributed by atoms with Gasteiger partial charge in [-0.2, -0.15) is 0 Å². The number of hydrogen-bond acceptors (Lipinski definition) is 6. The van der Waals surface area contributed by atoms with Crippen LogP contribution >= 0.6 is 0 Å². The predicted octanol–water partition coefficient (Wildman–Crippen LogP) is 1.95. The Morgan fingerprint density at radius 3 is 2.52 bits per heavy atom. The van der Waals surface area contributed by atoms with Gasteiger partial charge >= 0.3 is 0 Å². The molecule has 0 aliphatic carbocycles. The van der Waals surface area contributed by atoms with E-state index in [9.17, 15) is 0 Å². The zero-order chi connectivity index (χ0) is 14.9. The zero-order valence-electron chi connectivity index (χ0n) is 13.2. The summed E-state index contributed by atoms with van der Waals surface area (Å²) in [5.74, 6) is 2.44. The van der Waals surface area contributed by atoms with Gasteiger partial charge in [0.2, 0.25) is 0 Å². The summed E-state index contributed by atoms with van der Waals surface area (Å²) in [6.07, 6.45) is 2.66. The Labute approximate surface area is 127 Å². The summed E-state index contributed by atoms with van der Waals surface area (Å²) in [6.45, 7) is 10.4. The Kier molecular flexibility index (Phi) is 6.69. The summed E-state index contributed by atoms with van der Waals surface area (Å²) < 4.78 is 5.40. The number of hydrogen-bond donors (Lipinski definition) is 2. The second-order valence-electron chi connectivity index (χ2n) is 5.20.